The van der Waals surface area contributed by atoms with Crippen LogP contribution in [0.5, 0.6) is 5.75 Å². The van der Waals surface area contributed by atoms with Crippen LogP contribution in [0, 0.1) is 5.92 Å². The number of imidazole rings is 1. The lowest BCUT2D eigenvalue weighted by molar-refractivity contribution is -0.128. The predicted molar refractivity (Wildman–Crippen MR) is 122 cm³/mol. The first-order chi connectivity index (χ1) is 15.6. The Morgan fingerprint density at radius 2 is 1.88 bits per heavy atom. The van der Waals surface area contributed by atoms with Gasteiger partial charge in [-0.15, -0.1) is 0 Å². The average molecular weight is 433 g/mol. The van der Waals surface area contributed by atoms with E-state index < -0.39 is 0 Å². The highest BCUT2D eigenvalue weighted by Crippen LogP contribution is 2.35. The maximum absolute atomic E-state index is 13.1. The first-order valence-electron chi connectivity index (χ1n) is 11.3. The fraction of sp³-hybridized carbons (Fsp3) is 0.400. The normalized spacial score (nSPS) is 19.1. The van der Waals surface area contributed by atoms with Crippen molar-refractivity contribution in [3.05, 3.63) is 54.1 Å². The first kappa shape index (κ1) is 20.5. The molecule has 1 aliphatic heterocycles. The van der Waals surface area contributed by atoms with Crippen molar-refractivity contribution < 1.29 is 14.3 Å². The summed E-state index contributed by atoms with van der Waals surface area (Å²) in [5.74, 6) is 0.876. The summed E-state index contributed by atoms with van der Waals surface area (Å²) in [5.41, 5.74) is 2.96. The third-order valence-electron chi connectivity index (χ3n) is 6.64. The number of amides is 2. The van der Waals surface area contributed by atoms with Gasteiger partial charge in [0.1, 0.15) is 5.75 Å². The minimum atomic E-state index is -0.377. The van der Waals surface area contributed by atoms with Crippen LogP contribution in [0.3, 0.4) is 0 Å². The molecular weight excluding hydrogens is 404 g/mol. The molecule has 7 nitrogen and oxygen atoms in total. The molecule has 1 aromatic heterocycles. The molecule has 1 saturated heterocycles. The van der Waals surface area contributed by atoms with Gasteiger partial charge in [-0.2, -0.15) is 0 Å². The van der Waals surface area contributed by atoms with Crippen molar-refractivity contribution in [3.63, 3.8) is 0 Å². The third kappa shape index (κ3) is 3.95. The number of aromatic nitrogens is 2. The summed E-state index contributed by atoms with van der Waals surface area (Å²) >= 11 is 0. The number of fused-ring (bicyclic) bond motifs is 1. The van der Waals surface area contributed by atoms with E-state index in [1.807, 2.05) is 42.5 Å². The van der Waals surface area contributed by atoms with Gasteiger partial charge in [0.25, 0.3) is 0 Å². The van der Waals surface area contributed by atoms with E-state index in [1.54, 1.807) is 12.0 Å². The van der Waals surface area contributed by atoms with Crippen molar-refractivity contribution in [2.45, 2.75) is 44.7 Å². The van der Waals surface area contributed by atoms with E-state index in [4.69, 9.17) is 9.72 Å². The van der Waals surface area contributed by atoms with E-state index >= 15 is 0 Å². The number of hydrogen-bond donors (Lipinski definition) is 1. The molecule has 166 valence electrons. The Balaban J connectivity index is 1.30. The molecule has 32 heavy (non-hydrogen) atoms. The summed E-state index contributed by atoms with van der Waals surface area (Å²) in [6.45, 7) is 0.910. The molecule has 2 aliphatic rings. The summed E-state index contributed by atoms with van der Waals surface area (Å²) in [4.78, 5) is 32.2. The smallest absolute Gasteiger partial charge is 0.232 e. The highest BCUT2D eigenvalue weighted by atomic mass is 16.5. The number of carbonyl (C=O) groups excluding carboxylic acids is 2. The number of nitrogens with zero attached hydrogens (tertiary/aromatic N) is 3. The van der Waals surface area contributed by atoms with Crippen LogP contribution in [-0.4, -0.2) is 39.9 Å². The Hall–Kier alpha value is -3.35. The SMILES string of the molecule is COc1ccc(CN2CC(C(=O)Nc3nc4ccccc4n3C3CCCC3)CC2=O)cc1. The molecule has 2 aromatic carbocycles. The molecule has 0 bridgehead atoms. The van der Waals surface area contributed by atoms with Gasteiger partial charge >= 0.3 is 0 Å². The van der Waals surface area contributed by atoms with Crippen molar-refractivity contribution in [2.24, 2.45) is 5.92 Å². The van der Waals surface area contributed by atoms with Gasteiger partial charge in [-0.05, 0) is 42.7 Å². The van der Waals surface area contributed by atoms with Crippen LogP contribution in [-0.2, 0) is 16.1 Å². The summed E-state index contributed by atoms with van der Waals surface area (Å²) in [6.07, 6.45) is 4.82. The van der Waals surface area contributed by atoms with E-state index in [2.05, 4.69) is 16.0 Å². The number of nitrogens with one attached hydrogen (secondary N) is 1. The minimum absolute atomic E-state index is 0.00487. The van der Waals surface area contributed by atoms with Crippen molar-refractivity contribution in [1.29, 1.82) is 0 Å². The van der Waals surface area contributed by atoms with Gasteiger partial charge in [0.15, 0.2) is 0 Å². The van der Waals surface area contributed by atoms with E-state index in [0.717, 1.165) is 35.2 Å². The molecule has 2 heterocycles. The Morgan fingerprint density at radius 1 is 1.12 bits per heavy atom. The molecule has 0 spiro atoms. The van der Waals surface area contributed by atoms with E-state index in [-0.39, 0.29) is 24.2 Å². The fourth-order valence-electron chi connectivity index (χ4n) is 4.93. The van der Waals surface area contributed by atoms with Crippen LogP contribution in [0.25, 0.3) is 11.0 Å². The number of likely N-dealkylation sites (tertiary alicyclic amines) is 1. The predicted octanol–water partition coefficient (Wildman–Crippen LogP) is 4.15. The molecule has 2 fully saturated rings. The fourth-order valence-corrected chi connectivity index (χ4v) is 4.93. The number of rotatable bonds is 6. The Bertz CT molecular complexity index is 1130. The van der Waals surface area contributed by atoms with Gasteiger partial charge in [0, 0.05) is 25.6 Å². The molecule has 5 rings (SSSR count). The van der Waals surface area contributed by atoms with Crippen LogP contribution >= 0.6 is 0 Å². The Morgan fingerprint density at radius 3 is 2.62 bits per heavy atom. The molecule has 1 unspecified atom stereocenters. The summed E-state index contributed by atoms with van der Waals surface area (Å²) in [5, 5.41) is 3.06. The summed E-state index contributed by atoms with van der Waals surface area (Å²) in [7, 11) is 1.63. The zero-order valence-corrected chi connectivity index (χ0v) is 18.3. The van der Waals surface area contributed by atoms with Gasteiger partial charge in [-0.3, -0.25) is 14.9 Å². The number of hydrogen-bond acceptors (Lipinski definition) is 4. The van der Waals surface area contributed by atoms with Crippen LogP contribution in [0.4, 0.5) is 5.95 Å². The van der Waals surface area contributed by atoms with E-state index in [1.165, 1.54) is 12.8 Å². The van der Waals surface area contributed by atoms with Gasteiger partial charge in [0.05, 0.1) is 24.1 Å². The number of para-hydroxylation sites is 2. The number of ether oxygens (including phenoxy) is 1. The summed E-state index contributed by atoms with van der Waals surface area (Å²) < 4.78 is 7.38. The van der Waals surface area contributed by atoms with Crippen LogP contribution < -0.4 is 10.1 Å². The molecule has 1 atom stereocenters. The zero-order chi connectivity index (χ0) is 22.1. The lowest BCUT2D eigenvalue weighted by Crippen LogP contribution is -2.29. The third-order valence-corrected chi connectivity index (χ3v) is 6.64. The second-order valence-corrected chi connectivity index (χ2v) is 8.75. The minimum Gasteiger partial charge on any atom is -0.497 e. The van der Waals surface area contributed by atoms with E-state index in [9.17, 15) is 9.59 Å². The number of anilines is 1. The zero-order valence-electron chi connectivity index (χ0n) is 18.3. The van der Waals surface area contributed by atoms with Crippen LogP contribution in [0.15, 0.2) is 48.5 Å². The average Bonchev–Trinajstić information content (AvgIpc) is 3.53. The molecule has 1 aliphatic carbocycles. The number of methoxy groups -OCH3 is 1. The second kappa shape index (κ2) is 8.65. The number of benzene rings is 2. The molecule has 1 N–H and O–H groups in total. The molecule has 0 radical (unpaired) electrons. The van der Waals surface area contributed by atoms with Gasteiger partial charge in [-0.25, -0.2) is 4.98 Å². The van der Waals surface area contributed by atoms with Crippen molar-refractivity contribution in [1.82, 2.24) is 14.5 Å². The monoisotopic (exact) mass is 432 g/mol. The molecular formula is C25H28N4O3. The Kier molecular flexibility index (Phi) is 5.55. The van der Waals surface area contributed by atoms with E-state index in [0.29, 0.717) is 25.1 Å². The van der Waals surface area contributed by atoms with Crippen LogP contribution in [0.2, 0.25) is 0 Å². The largest absolute Gasteiger partial charge is 0.497 e. The van der Waals surface area contributed by atoms with Gasteiger partial charge in [-0.1, -0.05) is 37.1 Å². The maximum Gasteiger partial charge on any atom is 0.232 e. The second-order valence-electron chi connectivity index (χ2n) is 8.75. The van der Waals surface area contributed by atoms with Crippen molar-refractivity contribution >= 4 is 28.8 Å². The lowest BCUT2D eigenvalue weighted by Gasteiger charge is -2.18. The lowest BCUT2D eigenvalue weighted by atomic mass is 10.1. The highest BCUT2D eigenvalue weighted by Gasteiger charge is 2.35. The highest BCUT2D eigenvalue weighted by molar-refractivity contribution is 5.97. The first-order valence-corrected chi connectivity index (χ1v) is 11.3. The van der Waals surface area contributed by atoms with Crippen molar-refractivity contribution in [2.75, 3.05) is 19.0 Å². The van der Waals surface area contributed by atoms with Gasteiger partial charge in [0.2, 0.25) is 17.8 Å². The molecule has 1 saturated carbocycles. The summed E-state index contributed by atoms with van der Waals surface area (Å²) in [6, 6.07) is 16.0. The van der Waals surface area contributed by atoms with Crippen LogP contribution in [0.1, 0.15) is 43.7 Å². The molecule has 2 amide bonds. The van der Waals surface area contributed by atoms with Gasteiger partial charge < -0.3 is 14.2 Å². The van der Waals surface area contributed by atoms with Crippen molar-refractivity contribution in [3.8, 4) is 5.75 Å². The molecule has 3 aromatic rings. The Labute approximate surface area is 187 Å². The quantitative estimate of drug-likeness (QED) is 0.635. The maximum atomic E-state index is 13.1. The number of carbonyl (C=O) groups is 2. The standard InChI is InChI=1S/C25H28N4O3/c1-32-20-12-10-17(11-13-20)15-28-16-18(14-23(28)30)24(31)27-25-26-21-8-4-5-9-22(21)29(25)19-6-2-3-7-19/h4-5,8-13,18-19H,2-3,6-7,14-16H2,1H3,(H,26,27,31). The topological polar surface area (TPSA) is 76.5 Å². The molecule has 7 heteroatoms.